The fraction of sp³-hybridized carbons (Fsp3) is 0.500. The number of hydrogen-bond donors (Lipinski definition) is 3. The molecule has 2 aromatic heterocycles. The van der Waals surface area contributed by atoms with Crippen molar-refractivity contribution >= 4 is 22.7 Å². The molecule has 0 aliphatic carbocycles. The van der Waals surface area contributed by atoms with Gasteiger partial charge in [0.05, 0.1) is 35.4 Å². The number of nitrogens with two attached hydrogens (primary N) is 1. The molecule has 2 aromatic rings. The zero-order valence-corrected chi connectivity index (χ0v) is 12.2. The maximum atomic E-state index is 14.0. The molecule has 0 aliphatic heterocycles. The highest BCUT2D eigenvalue weighted by Gasteiger charge is 2.25. The molecule has 1 atom stereocenters. The minimum Gasteiger partial charge on any atom is -0.394 e. The number of nitrogen functional groups attached to an aromatic ring is 1. The van der Waals surface area contributed by atoms with Gasteiger partial charge in [-0.1, -0.05) is 19.8 Å². The number of aromatic nitrogens is 3. The van der Waals surface area contributed by atoms with Crippen molar-refractivity contribution in [3.05, 3.63) is 18.2 Å². The summed E-state index contributed by atoms with van der Waals surface area (Å²) in [5, 5.41) is 13.0. The lowest BCUT2D eigenvalue weighted by Gasteiger charge is -2.29. The Balaban J connectivity index is 2.45. The summed E-state index contributed by atoms with van der Waals surface area (Å²) < 4.78 is 14.0. The zero-order chi connectivity index (χ0) is 15.5. The van der Waals surface area contributed by atoms with Crippen molar-refractivity contribution in [1.82, 2.24) is 15.0 Å². The molecule has 0 spiro atoms. The van der Waals surface area contributed by atoms with E-state index in [0.29, 0.717) is 5.52 Å². The van der Waals surface area contributed by atoms with E-state index in [-0.39, 0.29) is 23.8 Å². The molecule has 2 rings (SSSR count). The van der Waals surface area contributed by atoms with Gasteiger partial charge < -0.3 is 16.2 Å². The Kier molecular flexibility index (Phi) is 4.52. The SMILES string of the molecule is CCCCC(C)(CO)Nc1nc(N)nc2cncc(F)c12. The van der Waals surface area contributed by atoms with Gasteiger partial charge >= 0.3 is 0 Å². The second kappa shape index (κ2) is 6.17. The summed E-state index contributed by atoms with van der Waals surface area (Å²) in [5.74, 6) is -0.205. The van der Waals surface area contributed by atoms with E-state index in [1.54, 1.807) is 0 Å². The zero-order valence-electron chi connectivity index (χ0n) is 12.2. The molecule has 0 fully saturated rings. The van der Waals surface area contributed by atoms with Gasteiger partial charge in [-0.05, 0) is 13.3 Å². The summed E-state index contributed by atoms with van der Waals surface area (Å²) in [5.41, 5.74) is 5.40. The third-order valence-electron chi connectivity index (χ3n) is 3.43. The van der Waals surface area contributed by atoms with E-state index in [4.69, 9.17) is 5.73 Å². The van der Waals surface area contributed by atoms with Gasteiger partial charge in [-0.3, -0.25) is 4.98 Å². The van der Waals surface area contributed by atoms with Gasteiger partial charge in [-0.25, -0.2) is 9.37 Å². The highest BCUT2D eigenvalue weighted by Crippen LogP contribution is 2.27. The number of aliphatic hydroxyl groups is 1. The molecular weight excluding hydrogens is 273 g/mol. The number of nitrogens with one attached hydrogen (secondary N) is 1. The second-order valence-electron chi connectivity index (χ2n) is 5.39. The number of hydrogen-bond acceptors (Lipinski definition) is 6. The van der Waals surface area contributed by atoms with Crippen molar-refractivity contribution in [2.24, 2.45) is 0 Å². The van der Waals surface area contributed by atoms with E-state index >= 15 is 0 Å². The van der Waals surface area contributed by atoms with Crippen molar-refractivity contribution in [2.45, 2.75) is 38.6 Å². The summed E-state index contributed by atoms with van der Waals surface area (Å²) in [7, 11) is 0. The molecule has 0 aliphatic rings. The summed E-state index contributed by atoms with van der Waals surface area (Å²) in [6.45, 7) is 3.85. The third-order valence-corrected chi connectivity index (χ3v) is 3.43. The minimum absolute atomic E-state index is 0.0354. The van der Waals surface area contributed by atoms with Crippen molar-refractivity contribution < 1.29 is 9.50 Å². The lowest BCUT2D eigenvalue weighted by Crippen LogP contribution is -2.39. The quantitative estimate of drug-likeness (QED) is 0.754. The number of nitrogens with zero attached hydrogens (tertiary/aromatic N) is 3. The summed E-state index contributed by atoms with van der Waals surface area (Å²) in [4.78, 5) is 11.8. The van der Waals surface area contributed by atoms with E-state index in [0.717, 1.165) is 25.5 Å². The summed E-state index contributed by atoms with van der Waals surface area (Å²) in [6, 6.07) is 0. The summed E-state index contributed by atoms with van der Waals surface area (Å²) >= 11 is 0. The van der Waals surface area contributed by atoms with Crippen LogP contribution < -0.4 is 11.1 Å². The van der Waals surface area contributed by atoms with Crippen LogP contribution in [0.4, 0.5) is 16.2 Å². The van der Waals surface area contributed by atoms with Crippen LogP contribution in [-0.4, -0.2) is 32.2 Å². The molecule has 0 saturated heterocycles. The van der Waals surface area contributed by atoms with E-state index < -0.39 is 11.4 Å². The molecule has 21 heavy (non-hydrogen) atoms. The molecule has 6 nitrogen and oxygen atoms in total. The minimum atomic E-state index is -0.598. The van der Waals surface area contributed by atoms with Gasteiger partial charge in [0, 0.05) is 0 Å². The Labute approximate surface area is 122 Å². The Morgan fingerprint density at radius 3 is 2.81 bits per heavy atom. The third kappa shape index (κ3) is 3.36. The van der Waals surface area contributed by atoms with Gasteiger partial charge in [-0.15, -0.1) is 0 Å². The summed E-state index contributed by atoms with van der Waals surface area (Å²) in [6.07, 6.45) is 5.21. The Bertz CT molecular complexity index is 636. The van der Waals surface area contributed by atoms with E-state index in [1.807, 2.05) is 6.92 Å². The van der Waals surface area contributed by atoms with Crippen LogP contribution >= 0.6 is 0 Å². The predicted octanol–water partition coefficient (Wildman–Crippen LogP) is 2.10. The molecule has 0 radical (unpaired) electrons. The van der Waals surface area contributed by atoms with Crippen molar-refractivity contribution in [1.29, 1.82) is 0 Å². The van der Waals surface area contributed by atoms with Crippen LogP contribution in [0.3, 0.4) is 0 Å². The molecule has 0 saturated carbocycles. The largest absolute Gasteiger partial charge is 0.394 e. The Morgan fingerprint density at radius 1 is 1.38 bits per heavy atom. The van der Waals surface area contributed by atoms with Crippen LogP contribution in [0.1, 0.15) is 33.1 Å². The first-order valence-electron chi connectivity index (χ1n) is 6.95. The lowest BCUT2D eigenvalue weighted by molar-refractivity contribution is 0.212. The van der Waals surface area contributed by atoms with E-state index in [9.17, 15) is 9.50 Å². The fourth-order valence-corrected chi connectivity index (χ4v) is 2.19. The molecule has 0 bridgehead atoms. The average molecular weight is 293 g/mol. The van der Waals surface area contributed by atoms with Crippen LogP contribution in [0, 0.1) is 5.82 Å². The number of rotatable bonds is 6. The average Bonchev–Trinajstić information content (AvgIpc) is 2.44. The maximum Gasteiger partial charge on any atom is 0.222 e. The van der Waals surface area contributed by atoms with Crippen molar-refractivity contribution in [3.8, 4) is 0 Å². The van der Waals surface area contributed by atoms with Crippen molar-refractivity contribution in [3.63, 3.8) is 0 Å². The number of anilines is 2. The first-order chi connectivity index (χ1) is 9.99. The normalized spacial score (nSPS) is 14.1. The number of fused-ring (bicyclic) bond motifs is 1. The first-order valence-corrected chi connectivity index (χ1v) is 6.95. The fourth-order valence-electron chi connectivity index (χ4n) is 2.19. The van der Waals surface area contributed by atoms with Crippen molar-refractivity contribution in [2.75, 3.05) is 17.7 Å². The van der Waals surface area contributed by atoms with Gasteiger partial charge in [0.1, 0.15) is 5.82 Å². The highest BCUT2D eigenvalue weighted by atomic mass is 19.1. The van der Waals surface area contributed by atoms with Gasteiger partial charge in [0.15, 0.2) is 5.82 Å². The van der Waals surface area contributed by atoms with Gasteiger partial charge in [0.25, 0.3) is 0 Å². The topological polar surface area (TPSA) is 97.0 Å². The van der Waals surface area contributed by atoms with Crippen LogP contribution in [-0.2, 0) is 0 Å². The smallest absolute Gasteiger partial charge is 0.222 e. The second-order valence-corrected chi connectivity index (χ2v) is 5.39. The van der Waals surface area contributed by atoms with Crippen LogP contribution in [0.15, 0.2) is 12.4 Å². The number of halogens is 1. The standard InChI is InChI=1S/C14H20FN5O/c1-3-4-5-14(2,8-21)20-12-11-9(15)6-17-7-10(11)18-13(16)19-12/h6-7,21H,3-5,8H2,1-2H3,(H3,16,18,19,20). The molecular formula is C14H20FN5O. The van der Waals surface area contributed by atoms with E-state index in [2.05, 4.69) is 27.2 Å². The molecule has 0 aromatic carbocycles. The molecule has 4 N–H and O–H groups in total. The Morgan fingerprint density at radius 2 is 2.14 bits per heavy atom. The molecule has 0 amide bonds. The van der Waals surface area contributed by atoms with Gasteiger partial charge in [0.2, 0.25) is 5.95 Å². The van der Waals surface area contributed by atoms with Gasteiger partial charge in [-0.2, -0.15) is 4.98 Å². The molecule has 7 heteroatoms. The maximum absolute atomic E-state index is 14.0. The van der Waals surface area contributed by atoms with E-state index in [1.165, 1.54) is 6.20 Å². The highest BCUT2D eigenvalue weighted by molar-refractivity contribution is 5.90. The van der Waals surface area contributed by atoms with Crippen LogP contribution in [0.2, 0.25) is 0 Å². The van der Waals surface area contributed by atoms with Crippen LogP contribution in [0.25, 0.3) is 10.9 Å². The molecule has 114 valence electrons. The molecule has 2 heterocycles. The number of unbranched alkanes of at least 4 members (excludes halogenated alkanes) is 1. The Hall–Kier alpha value is -2.02. The number of aliphatic hydroxyl groups excluding tert-OH is 1. The predicted molar refractivity (Wildman–Crippen MR) is 80.3 cm³/mol. The monoisotopic (exact) mass is 293 g/mol. The lowest BCUT2D eigenvalue weighted by atomic mass is 9.95. The number of pyridine rings is 1. The first kappa shape index (κ1) is 15.4. The molecule has 1 unspecified atom stereocenters. The van der Waals surface area contributed by atoms with Crippen LogP contribution in [0.5, 0.6) is 0 Å².